The van der Waals surface area contributed by atoms with Crippen molar-refractivity contribution in [3.8, 4) is 0 Å². The van der Waals surface area contributed by atoms with Crippen molar-refractivity contribution in [1.82, 2.24) is 25.0 Å². The number of aliphatic imine (C=N–C) groups is 1. The van der Waals surface area contributed by atoms with Crippen LogP contribution in [0.1, 0.15) is 18.1 Å². The number of aromatic nitrogens is 3. The van der Waals surface area contributed by atoms with Crippen LogP contribution in [0.2, 0.25) is 0 Å². The molecule has 0 radical (unpaired) electrons. The van der Waals surface area contributed by atoms with Crippen molar-refractivity contribution >= 4 is 11.6 Å². The average Bonchev–Trinajstić information content (AvgIpc) is 3.31. The Labute approximate surface area is 178 Å². The van der Waals surface area contributed by atoms with Gasteiger partial charge in [-0.15, -0.1) is 0 Å². The van der Waals surface area contributed by atoms with Crippen molar-refractivity contribution in [2.45, 2.75) is 20.0 Å². The molecular formula is C23H29N7. The first kappa shape index (κ1) is 19.9. The molecule has 0 spiro atoms. The van der Waals surface area contributed by atoms with E-state index in [0.717, 1.165) is 45.2 Å². The number of para-hydroxylation sites is 1. The van der Waals surface area contributed by atoms with Crippen LogP contribution in [0, 0.1) is 0 Å². The highest BCUT2D eigenvalue weighted by molar-refractivity contribution is 5.80. The molecule has 156 valence electrons. The number of nitrogens with one attached hydrogen (secondary N) is 1. The summed E-state index contributed by atoms with van der Waals surface area (Å²) in [7, 11) is 0. The minimum Gasteiger partial charge on any atom is -0.368 e. The summed E-state index contributed by atoms with van der Waals surface area (Å²) in [5.74, 6) is 0.992. The number of guanidine groups is 1. The molecule has 1 N–H and O–H groups in total. The second-order valence-electron chi connectivity index (χ2n) is 7.39. The van der Waals surface area contributed by atoms with Crippen LogP contribution in [0.3, 0.4) is 0 Å². The lowest BCUT2D eigenvalue weighted by Crippen LogP contribution is -2.52. The fourth-order valence-corrected chi connectivity index (χ4v) is 3.74. The first-order valence-electron chi connectivity index (χ1n) is 10.6. The lowest BCUT2D eigenvalue weighted by atomic mass is 10.1. The number of benzene rings is 2. The van der Waals surface area contributed by atoms with E-state index in [2.05, 4.69) is 86.7 Å². The van der Waals surface area contributed by atoms with Gasteiger partial charge in [0.25, 0.3) is 0 Å². The van der Waals surface area contributed by atoms with Gasteiger partial charge in [-0.2, -0.15) is 5.10 Å². The van der Waals surface area contributed by atoms with Gasteiger partial charge in [-0.1, -0.05) is 42.5 Å². The molecule has 7 heteroatoms. The van der Waals surface area contributed by atoms with Crippen molar-refractivity contribution in [3.05, 3.63) is 78.4 Å². The number of rotatable bonds is 6. The maximum Gasteiger partial charge on any atom is 0.194 e. The zero-order valence-corrected chi connectivity index (χ0v) is 17.5. The van der Waals surface area contributed by atoms with Gasteiger partial charge in [-0.25, -0.2) is 14.7 Å². The first-order valence-corrected chi connectivity index (χ1v) is 10.6. The lowest BCUT2D eigenvalue weighted by molar-refractivity contribution is 0.372. The topological polar surface area (TPSA) is 61.6 Å². The van der Waals surface area contributed by atoms with E-state index in [1.54, 1.807) is 12.7 Å². The molecule has 1 saturated heterocycles. The van der Waals surface area contributed by atoms with Crippen LogP contribution in [-0.4, -0.2) is 58.3 Å². The second kappa shape index (κ2) is 9.91. The monoisotopic (exact) mass is 403 g/mol. The van der Waals surface area contributed by atoms with Gasteiger partial charge in [0.2, 0.25) is 0 Å². The number of piperazine rings is 1. The molecule has 0 aliphatic carbocycles. The smallest absolute Gasteiger partial charge is 0.194 e. The summed E-state index contributed by atoms with van der Waals surface area (Å²) in [5.41, 5.74) is 3.70. The molecular weight excluding hydrogens is 374 g/mol. The van der Waals surface area contributed by atoms with Crippen LogP contribution in [0.4, 0.5) is 5.69 Å². The predicted molar refractivity (Wildman–Crippen MR) is 121 cm³/mol. The van der Waals surface area contributed by atoms with Crippen molar-refractivity contribution in [3.63, 3.8) is 0 Å². The Kier molecular flexibility index (Phi) is 6.59. The van der Waals surface area contributed by atoms with Gasteiger partial charge in [0.05, 0.1) is 13.1 Å². The number of hydrogen-bond donors (Lipinski definition) is 1. The molecule has 1 fully saturated rings. The maximum absolute atomic E-state index is 4.92. The van der Waals surface area contributed by atoms with E-state index in [1.165, 1.54) is 16.8 Å². The second-order valence-corrected chi connectivity index (χ2v) is 7.39. The molecule has 0 bridgehead atoms. The van der Waals surface area contributed by atoms with Gasteiger partial charge in [-0.3, -0.25) is 0 Å². The van der Waals surface area contributed by atoms with Crippen molar-refractivity contribution in [1.29, 1.82) is 0 Å². The molecule has 0 atom stereocenters. The van der Waals surface area contributed by atoms with Gasteiger partial charge < -0.3 is 15.1 Å². The zero-order valence-electron chi connectivity index (χ0n) is 17.5. The Morgan fingerprint density at radius 3 is 2.53 bits per heavy atom. The normalized spacial score (nSPS) is 14.8. The van der Waals surface area contributed by atoms with Gasteiger partial charge in [0.1, 0.15) is 12.7 Å². The van der Waals surface area contributed by atoms with Crippen molar-refractivity contribution < 1.29 is 0 Å². The van der Waals surface area contributed by atoms with Crippen molar-refractivity contribution in [2.24, 2.45) is 4.99 Å². The number of hydrogen-bond acceptors (Lipinski definition) is 4. The minimum absolute atomic E-state index is 0.659. The van der Waals surface area contributed by atoms with Gasteiger partial charge in [0.15, 0.2) is 5.96 Å². The number of anilines is 1. The Bertz CT molecular complexity index is 929. The summed E-state index contributed by atoms with van der Waals surface area (Å²) >= 11 is 0. The summed E-state index contributed by atoms with van der Waals surface area (Å²) < 4.78 is 1.83. The van der Waals surface area contributed by atoms with Crippen LogP contribution < -0.4 is 10.2 Å². The third kappa shape index (κ3) is 5.17. The van der Waals surface area contributed by atoms with Gasteiger partial charge in [0, 0.05) is 38.4 Å². The molecule has 3 aromatic rings. The molecule has 2 aromatic carbocycles. The molecule has 0 saturated carbocycles. The maximum atomic E-state index is 4.92. The van der Waals surface area contributed by atoms with Crippen molar-refractivity contribution in [2.75, 3.05) is 37.6 Å². The van der Waals surface area contributed by atoms with Crippen LogP contribution in [-0.2, 0) is 13.1 Å². The van der Waals surface area contributed by atoms with Crippen LogP contribution in [0.25, 0.3) is 0 Å². The Hall–Kier alpha value is -3.35. The van der Waals surface area contributed by atoms with E-state index in [0.29, 0.717) is 6.54 Å². The standard InChI is InChI=1S/C23H29N7/c1-2-25-23(29-13-11-28(12-14-29)22-9-4-3-5-10-22)26-16-20-7-6-8-21(15-20)17-30-19-24-18-27-30/h3-10,15,18-19H,2,11-14,16-17H2,1H3,(H,25,26). The molecule has 7 nitrogen and oxygen atoms in total. The van der Waals surface area contributed by atoms with Gasteiger partial charge >= 0.3 is 0 Å². The highest BCUT2D eigenvalue weighted by Gasteiger charge is 2.19. The molecule has 30 heavy (non-hydrogen) atoms. The molecule has 1 aliphatic heterocycles. The van der Waals surface area contributed by atoms with Crippen LogP contribution in [0.15, 0.2) is 72.2 Å². The molecule has 4 rings (SSSR count). The summed E-state index contributed by atoms with van der Waals surface area (Å²) in [6.45, 7) is 8.30. The predicted octanol–water partition coefficient (Wildman–Crippen LogP) is 2.61. The van der Waals surface area contributed by atoms with E-state index in [9.17, 15) is 0 Å². The van der Waals surface area contributed by atoms with E-state index in [4.69, 9.17) is 4.99 Å². The SMILES string of the molecule is CCNC(=NCc1cccc(Cn2cncn2)c1)N1CCN(c2ccccc2)CC1. The molecule has 0 unspecified atom stereocenters. The Morgan fingerprint density at radius 1 is 1.00 bits per heavy atom. The van der Waals surface area contributed by atoms with E-state index in [1.807, 2.05) is 4.68 Å². The average molecular weight is 404 g/mol. The van der Waals surface area contributed by atoms with Gasteiger partial charge in [-0.05, 0) is 30.2 Å². The van der Waals surface area contributed by atoms with Crippen LogP contribution in [0.5, 0.6) is 0 Å². The fraction of sp³-hybridized carbons (Fsp3) is 0.348. The van der Waals surface area contributed by atoms with E-state index < -0.39 is 0 Å². The van der Waals surface area contributed by atoms with E-state index in [-0.39, 0.29) is 0 Å². The number of nitrogens with zero attached hydrogens (tertiary/aromatic N) is 6. The Morgan fingerprint density at radius 2 is 1.80 bits per heavy atom. The highest BCUT2D eigenvalue weighted by atomic mass is 15.3. The largest absolute Gasteiger partial charge is 0.368 e. The minimum atomic E-state index is 0.659. The lowest BCUT2D eigenvalue weighted by Gasteiger charge is -2.37. The molecule has 1 aliphatic rings. The summed E-state index contributed by atoms with van der Waals surface area (Å²) in [4.78, 5) is 13.7. The third-order valence-corrected chi connectivity index (χ3v) is 5.25. The molecule has 2 heterocycles. The zero-order chi connectivity index (χ0) is 20.6. The highest BCUT2D eigenvalue weighted by Crippen LogP contribution is 2.16. The first-order chi connectivity index (χ1) is 14.8. The summed E-state index contributed by atoms with van der Waals surface area (Å²) in [6, 6.07) is 19.2. The summed E-state index contributed by atoms with van der Waals surface area (Å²) in [6.07, 6.45) is 3.30. The van der Waals surface area contributed by atoms with Crippen LogP contribution >= 0.6 is 0 Å². The van der Waals surface area contributed by atoms with E-state index >= 15 is 0 Å². The fourth-order valence-electron chi connectivity index (χ4n) is 3.74. The summed E-state index contributed by atoms with van der Waals surface area (Å²) in [5, 5.41) is 7.65. The molecule has 0 amide bonds. The quantitative estimate of drug-likeness (QED) is 0.506. The molecule has 1 aromatic heterocycles. The third-order valence-electron chi connectivity index (χ3n) is 5.25. The Balaban J connectivity index is 1.38.